The van der Waals surface area contributed by atoms with E-state index in [0.29, 0.717) is 11.5 Å². The lowest BCUT2D eigenvalue weighted by Crippen LogP contribution is -2.33. The fourth-order valence-electron chi connectivity index (χ4n) is 2.12. The van der Waals surface area contributed by atoms with Crippen LogP contribution in [0.3, 0.4) is 0 Å². The van der Waals surface area contributed by atoms with E-state index in [1.165, 1.54) is 0 Å². The van der Waals surface area contributed by atoms with Crippen LogP contribution in [0.2, 0.25) is 0 Å². The van der Waals surface area contributed by atoms with Gasteiger partial charge in [-0.2, -0.15) is 0 Å². The summed E-state index contributed by atoms with van der Waals surface area (Å²) in [4.78, 5) is 0.843. The molecule has 1 aromatic carbocycles. The summed E-state index contributed by atoms with van der Waals surface area (Å²) in [5, 5.41) is 3.62. The van der Waals surface area contributed by atoms with Crippen LogP contribution in [0.4, 0.5) is 4.39 Å². The van der Waals surface area contributed by atoms with E-state index in [9.17, 15) is 4.39 Å². The maximum Gasteiger partial charge on any atom is 0.137 e. The molecule has 1 aliphatic heterocycles. The van der Waals surface area contributed by atoms with E-state index in [-0.39, 0.29) is 5.82 Å². The first-order chi connectivity index (χ1) is 8.53. The Morgan fingerprint density at radius 2 is 2.22 bits per heavy atom. The standard InChI is InChI=1S/C15H22FNS/c1-4-15(2,3)10-17-13-8-9-18-14-11(13)6-5-7-12(14)16/h5-7,13,17H,4,8-10H2,1-3H3. The molecule has 0 saturated carbocycles. The summed E-state index contributed by atoms with van der Waals surface area (Å²) in [7, 11) is 0. The number of benzene rings is 1. The van der Waals surface area contributed by atoms with E-state index in [1.54, 1.807) is 17.8 Å². The van der Waals surface area contributed by atoms with E-state index in [2.05, 4.69) is 32.2 Å². The highest BCUT2D eigenvalue weighted by Gasteiger charge is 2.24. The van der Waals surface area contributed by atoms with E-state index >= 15 is 0 Å². The minimum Gasteiger partial charge on any atom is -0.309 e. The van der Waals surface area contributed by atoms with E-state index in [0.717, 1.165) is 35.6 Å². The van der Waals surface area contributed by atoms with Crippen molar-refractivity contribution in [1.82, 2.24) is 5.32 Å². The van der Waals surface area contributed by atoms with Crippen molar-refractivity contribution in [2.24, 2.45) is 5.41 Å². The van der Waals surface area contributed by atoms with Crippen molar-refractivity contribution in [1.29, 1.82) is 0 Å². The van der Waals surface area contributed by atoms with Gasteiger partial charge in [-0.05, 0) is 35.6 Å². The molecule has 0 bridgehead atoms. The van der Waals surface area contributed by atoms with E-state index < -0.39 is 0 Å². The first-order valence-corrected chi connectivity index (χ1v) is 7.66. The average Bonchev–Trinajstić information content (AvgIpc) is 2.37. The number of hydrogen-bond acceptors (Lipinski definition) is 2. The quantitative estimate of drug-likeness (QED) is 0.868. The number of nitrogens with one attached hydrogen (secondary N) is 1. The lowest BCUT2D eigenvalue weighted by molar-refractivity contribution is 0.305. The van der Waals surface area contributed by atoms with Crippen molar-refractivity contribution in [2.45, 2.75) is 44.6 Å². The van der Waals surface area contributed by atoms with Crippen molar-refractivity contribution in [3.8, 4) is 0 Å². The van der Waals surface area contributed by atoms with Gasteiger partial charge in [-0.3, -0.25) is 0 Å². The highest BCUT2D eigenvalue weighted by Crippen LogP contribution is 2.38. The Labute approximate surface area is 114 Å². The number of rotatable bonds is 4. The average molecular weight is 267 g/mol. The van der Waals surface area contributed by atoms with Crippen LogP contribution < -0.4 is 5.32 Å². The molecule has 1 unspecified atom stereocenters. The summed E-state index contributed by atoms with van der Waals surface area (Å²) in [5.41, 5.74) is 1.44. The van der Waals surface area contributed by atoms with Crippen LogP contribution in [0.5, 0.6) is 0 Å². The monoisotopic (exact) mass is 267 g/mol. The Kier molecular flexibility index (Phi) is 4.33. The Bertz CT molecular complexity index is 417. The topological polar surface area (TPSA) is 12.0 Å². The van der Waals surface area contributed by atoms with E-state index in [4.69, 9.17) is 0 Å². The molecule has 1 aromatic rings. The highest BCUT2D eigenvalue weighted by molar-refractivity contribution is 7.99. The summed E-state index contributed by atoms with van der Waals surface area (Å²) in [5.74, 6) is 0.928. The second-order valence-electron chi connectivity index (χ2n) is 5.75. The molecule has 0 fully saturated rings. The minimum atomic E-state index is -0.0706. The van der Waals surface area contributed by atoms with Gasteiger partial charge >= 0.3 is 0 Å². The van der Waals surface area contributed by atoms with E-state index in [1.807, 2.05) is 6.07 Å². The maximum atomic E-state index is 13.7. The number of thioether (sulfide) groups is 1. The molecule has 3 heteroatoms. The molecular formula is C15H22FNS. The molecule has 0 spiro atoms. The molecule has 0 amide bonds. The zero-order valence-electron chi connectivity index (χ0n) is 11.4. The molecule has 100 valence electrons. The molecule has 0 saturated heterocycles. The van der Waals surface area contributed by atoms with Crippen LogP contribution in [0.1, 0.15) is 45.2 Å². The van der Waals surface area contributed by atoms with Crippen molar-refractivity contribution in [2.75, 3.05) is 12.3 Å². The maximum absolute atomic E-state index is 13.7. The number of fused-ring (bicyclic) bond motifs is 1. The first-order valence-electron chi connectivity index (χ1n) is 6.68. The van der Waals surface area contributed by atoms with Crippen LogP contribution in [0, 0.1) is 11.2 Å². The highest BCUT2D eigenvalue weighted by atomic mass is 32.2. The molecule has 1 atom stereocenters. The van der Waals surface area contributed by atoms with Crippen molar-refractivity contribution in [3.63, 3.8) is 0 Å². The van der Waals surface area contributed by atoms with Gasteiger partial charge in [-0.25, -0.2) is 4.39 Å². The Morgan fingerprint density at radius 1 is 1.44 bits per heavy atom. The fourth-order valence-corrected chi connectivity index (χ4v) is 3.26. The van der Waals surface area contributed by atoms with Crippen molar-refractivity contribution < 1.29 is 4.39 Å². The summed E-state index contributed by atoms with van der Waals surface area (Å²) in [6.07, 6.45) is 2.23. The van der Waals surface area contributed by atoms with Crippen LogP contribution in [-0.4, -0.2) is 12.3 Å². The van der Waals surface area contributed by atoms with Crippen LogP contribution >= 0.6 is 11.8 Å². The molecular weight excluding hydrogens is 245 g/mol. The van der Waals surface area contributed by atoms with Gasteiger partial charge < -0.3 is 5.32 Å². The summed E-state index contributed by atoms with van der Waals surface area (Å²) >= 11 is 1.64. The third-order valence-corrected chi connectivity index (χ3v) is 4.97. The lowest BCUT2D eigenvalue weighted by atomic mass is 9.89. The fraction of sp³-hybridized carbons (Fsp3) is 0.600. The molecule has 1 aliphatic rings. The van der Waals surface area contributed by atoms with Gasteiger partial charge in [0.25, 0.3) is 0 Å². The van der Waals surface area contributed by atoms with Gasteiger partial charge in [-0.15, -0.1) is 11.8 Å². The van der Waals surface area contributed by atoms with Gasteiger partial charge in [0.05, 0.1) is 0 Å². The van der Waals surface area contributed by atoms with Gasteiger partial charge in [0, 0.05) is 17.5 Å². The van der Waals surface area contributed by atoms with Crippen LogP contribution in [0.15, 0.2) is 23.1 Å². The van der Waals surface area contributed by atoms with Gasteiger partial charge in [0.1, 0.15) is 5.82 Å². The van der Waals surface area contributed by atoms with Gasteiger partial charge in [0.2, 0.25) is 0 Å². The minimum absolute atomic E-state index is 0.0706. The zero-order chi connectivity index (χ0) is 13.2. The van der Waals surface area contributed by atoms with Crippen LogP contribution in [0.25, 0.3) is 0 Å². The van der Waals surface area contributed by atoms with Crippen molar-refractivity contribution >= 4 is 11.8 Å². The van der Waals surface area contributed by atoms with Gasteiger partial charge in [0.15, 0.2) is 0 Å². The van der Waals surface area contributed by atoms with Crippen molar-refractivity contribution in [3.05, 3.63) is 29.6 Å². The van der Waals surface area contributed by atoms with Crippen LogP contribution in [-0.2, 0) is 0 Å². The third kappa shape index (κ3) is 3.07. The second kappa shape index (κ2) is 5.62. The molecule has 0 aliphatic carbocycles. The zero-order valence-corrected chi connectivity index (χ0v) is 12.2. The number of halogens is 1. The molecule has 1 nitrogen and oxygen atoms in total. The molecule has 18 heavy (non-hydrogen) atoms. The summed E-state index contributed by atoms with van der Waals surface area (Å²) in [6, 6.07) is 5.74. The van der Waals surface area contributed by atoms with Gasteiger partial charge in [-0.1, -0.05) is 32.9 Å². The Balaban J connectivity index is 2.11. The molecule has 1 heterocycles. The summed E-state index contributed by atoms with van der Waals surface area (Å²) in [6.45, 7) is 7.73. The largest absolute Gasteiger partial charge is 0.309 e. The second-order valence-corrected chi connectivity index (χ2v) is 6.85. The third-order valence-electron chi connectivity index (χ3n) is 3.81. The number of hydrogen-bond donors (Lipinski definition) is 1. The first kappa shape index (κ1) is 13.9. The Hall–Kier alpha value is -0.540. The lowest BCUT2D eigenvalue weighted by Gasteiger charge is -2.30. The normalized spacial score (nSPS) is 19.7. The molecule has 0 aromatic heterocycles. The smallest absolute Gasteiger partial charge is 0.137 e. The molecule has 1 N–H and O–H groups in total. The predicted molar refractivity (Wildman–Crippen MR) is 76.6 cm³/mol. The molecule has 0 radical (unpaired) electrons. The molecule has 2 rings (SSSR count). The predicted octanol–water partition coefficient (Wildman–Crippen LogP) is 4.39. The SMILES string of the molecule is CCC(C)(C)CNC1CCSc2c(F)cccc21. The summed E-state index contributed by atoms with van der Waals surface area (Å²) < 4.78 is 13.7. The Morgan fingerprint density at radius 3 is 2.94 bits per heavy atom.